The molecule has 1 aliphatic rings. The van der Waals surface area contributed by atoms with Gasteiger partial charge >= 0.3 is 5.69 Å². The third kappa shape index (κ3) is 5.22. The number of nitrogens with zero attached hydrogens (tertiary/aromatic N) is 2. The molecule has 3 rings (SSSR count). The molecule has 2 heterocycles. The number of aromatic amines is 1. The third-order valence-electron chi connectivity index (χ3n) is 5.68. The predicted molar refractivity (Wildman–Crippen MR) is 115 cm³/mol. The third-order valence-corrected chi connectivity index (χ3v) is 5.68. The van der Waals surface area contributed by atoms with Crippen LogP contribution in [0.4, 0.5) is 10.2 Å². The molecule has 168 valence electrons. The van der Waals surface area contributed by atoms with Crippen LogP contribution in [-0.4, -0.2) is 48.8 Å². The van der Waals surface area contributed by atoms with Gasteiger partial charge in [-0.25, -0.2) is 4.79 Å². The Balaban J connectivity index is 1.73. The van der Waals surface area contributed by atoms with Crippen molar-refractivity contribution in [3.05, 3.63) is 51.7 Å². The number of rotatable bonds is 8. The van der Waals surface area contributed by atoms with Crippen molar-refractivity contribution >= 4 is 11.7 Å². The first kappa shape index (κ1) is 22.7. The van der Waals surface area contributed by atoms with Crippen LogP contribution in [0.3, 0.4) is 0 Å². The number of amides is 1. The number of hydrogen-bond donors (Lipinski definition) is 2. The van der Waals surface area contributed by atoms with Gasteiger partial charge in [0.25, 0.3) is 11.8 Å². The summed E-state index contributed by atoms with van der Waals surface area (Å²) in [4.78, 5) is 32.2. The largest absolute Gasteiger partial charge is 0.465 e. The number of carbonyl (C=O) groups excluding carboxylic acids is 1. The van der Waals surface area contributed by atoms with E-state index in [0.29, 0.717) is 39.1 Å². The molecule has 1 aliphatic heterocycles. The van der Waals surface area contributed by atoms with Crippen molar-refractivity contribution in [2.75, 3.05) is 37.8 Å². The zero-order valence-corrected chi connectivity index (χ0v) is 18.2. The molecular weight excluding hydrogens is 403 g/mol. The smallest absolute Gasteiger partial charge is 0.349 e. The van der Waals surface area contributed by atoms with E-state index in [-0.39, 0.29) is 5.82 Å². The lowest BCUT2D eigenvalue weighted by atomic mass is 9.84. The molecule has 31 heavy (non-hydrogen) atoms. The van der Waals surface area contributed by atoms with Crippen molar-refractivity contribution in [3.63, 3.8) is 0 Å². The molecule has 0 aliphatic carbocycles. The molecule has 8 nitrogen and oxygen atoms in total. The maximum atomic E-state index is 14.9. The van der Waals surface area contributed by atoms with Crippen LogP contribution >= 0.6 is 0 Å². The van der Waals surface area contributed by atoms with Crippen LogP contribution in [0.25, 0.3) is 0 Å². The molecule has 1 aromatic heterocycles. The number of aryl methyl sites for hydroxylation is 1. The molecule has 0 bridgehead atoms. The van der Waals surface area contributed by atoms with Crippen LogP contribution in [0.1, 0.15) is 37.8 Å². The first-order chi connectivity index (χ1) is 14.9. The first-order valence-electron chi connectivity index (χ1n) is 10.5. The van der Waals surface area contributed by atoms with E-state index in [1.165, 1.54) is 0 Å². The number of anilines is 1. The molecule has 1 fully saturated rings. The van der Waals surface area contributed by atoms with Crippen LogP contribution in [-0.2, 0) is 15.1 Å². The SMILES string of the molecule is CCC(CC)(NC(=O)COc1nc(=O)[nH]c(N2CCOCC2)c1F)c1ccc(C)cc1. The molecule has 2 N–H and O–H groups in total. The van der Waals surface area contributed by atoms with E-state index >= 15 is 0 Å². The van der Waals surface area contributed by atoms with Crippen molar-refractivity contribution in [3.8, 4) is 5.88 Å². The van der Waals surface area contributed by atoms with Gasteiger partial charge in [-0.2, -0.15) is 9.37 Å². The zero-order valence-electron chi connectivity index (χ0n) is 18.2. The van der Waals surface area contributed by atoms with Gasteiger partial charge in [-0.3, -0.25) is 9.78 Å². The maximum Gasteiger partial charge on any atom is 0.349 e. The van der Waals surface area contributed by atoms with Crippen LogP contribution in [0.2, 0.25) is 0 Å². The lowest BCUT2D eigenvalue weighted by Crippen LogP contribution is -2.47. The number of halogens is 1. The van der Waals surface area contributed by atoms with Crippen molar-refractivity contribution in [2.24, 2.45) is 0 Å². The van der Waals surface area contributed by atoms with Crippen LogP contribution < -0.4 is 20.6 Å². The van der Waals surface area contributed by atoms with Gasteiger partial charge in [0.2, 0.25) is 5.82 Å². The molecule has 1 saturated heterocycles. The molecular formula is C22H29FN4O4. The van der Waals surface area contributed by atoms with Gasteiger partial charge < -0.3 is 19.7 Å². The first-order valence-corrected chi connectivity index (χ1v) is 10.5. The summed E-state index contributed by atoms with van der Waals surface area (Å²) in [5.41, 5.74) is 0.820. The number of benzene rings is 1. The predicted octanol–water partition coefficient (Wildman–Crippen LogP) is 2.26. The molecule has 0 radical (unpaired) electrons. The Morgan fingerprint density at radius 1 is 1.26 bits per heavy atom. The van der Waals surface area contributed by atoms with Gasteiger partial charge in [-0.15, -0.1) is 0 Å². The van der Waals surface area contributed by atoms with Gasteiger partial charge in [0.1, 0.15) is 0 Å². The monoisotopic (exact) mass is 432 g/mol. The molecule has 2 aromatic rings. The topological polar surface area (TPSA) is 96.5 Å². The van der Waals surface area contributed by atoms with E-state index < -0.39 is 35.4 Å². The molecule has 1 aromatic carbocycles. The van der Waals surface area contributed by atoms with Gasteiger partial charge in [-0.1, -0.05) is 43.7 Å². The highest BCUT2D eigenvalue weighted by Gasteiger charge is 2.30. The van der Waals surface area contributed by atoms with Crippen molar-refractivity contribution < 1.29 is 18.7 Å². The number of aromatic nitrogens is 2. The van der Waals surface area contributed by atoms with E-state index in [9.17, 15) is 14.0 Å². The minimum Gasteiger partial charge on any atom is -0.465 e. The Morgan fingerprint density at radius 3 is 2.52 bits per heavy atom. The summed E-state index contributed by atoms with van der Waals surface area (Å²) < 4.78 is 25.5. The van der Waals surface area contributed by atoms with Crippen LogP contribution in [0.5, 0.6) is 5.88 Å². The number of nitrogens with one attached hydrogen (secondary N) is 2. The zero-order chi connectivity index (χ0) is 22.4. The summed E-state index contributed by atoms with van der Waals surface area (Å²) in [6.45, 7) is 7.27. The highest BCUT2D eigenvalue weighted by Crippen LogP contribution is 2.29. The summed E-state index contributed by atoms with van der Waals surface area (Å²) in [6, 6.07) is 7.99. The summed E-state index contributed by atoms with van der Waals surface area (Å²) in [5.74, 6) is -1.71. The van der Waals surface area contributed by atoms with Crippen molar-refractivity contribution in [2.45, 2.75) is 39.2 Å². The van der Waals surface area contributed by atoms with E-state index in [1.54, 1.807) is 4.90 Å². The molecule has 0 spiro atoms. The van der Waals surface area contributed by atoms with Crippen LogP contribution in [0.15, 0.2) is 29.1 Å². The second-order valence-corrected chi connectivity index (χ2v) is 7.60. The summed E-state index contributed by atoms with van der Waals surface area (Å²) in [7, 11) is 0. The normalized spacial score (nSPS) is 14.4. The number of H-pyrrole nitrogens is 1. The highest BCUT2D eigenvalue weighted by atomic mass is 19.1. The van der Waals surface area contributed by atoms with Crippen LogP contribution in [0, 0.1) is 12.7 Å². The average Bonchev–Trinajstić information content (AvgIpc) is 2.79. The fourth-order valence-corrected chi connectivity index (χ4v) is 3.74. The van der Waals surface area contributed by atoms with E-state index in [0.717, 1.165) is 11.1 Å². The van der Waals surface area contributed by atoms with Gasteiger partial charge in [-0.05, 0) is 25.3 Å². The Kier molecular flexibility index (Phi) is 7.27. The van der Waals surface area contributed by atoms with Gasteiger partial charge in [0, 0.05) is 13.1 Å². The Morgan fingerprint density at radius 2 is 1.90 bits per heavy atom. The van der Waals surface area contributed by atoms with Crippen molar-refractivity contribution in [1.29, 1.82) is 0 Å². The molecule has 1 amide bonds. The van der Waals surface area contributed by atoms with E-state index in [2.05, 4.69) is 15.3 Å². The highest BCUT2D eigenvalue weighted by molar-refractivity contribution is 5.78. The minimum atomic E-state index is -0.801. The minimum absolute atomic E-state index is 0.00479. The van der Waals surface area contributed by atoms with Crippen molar-refractivity contribution in [1.82, 2.24) is 15.3 Å². The molecule has 0 unspecified atom stereocenters. The summed E-state index contributed by atoms with van der Waals surface area (Å²) in [5, 5.41) is 3.02. The molecule has 9 heteroatoms. The second kappa shape index (κ2) is 9.91. The van der Waals surface area contributed by atoms with Gasteiger partial charge in [0.05, 0.1) is 18.8 Å². The number of carbonyl (C=O) groups is 1. The molecule has 0 atom stereocenters. The number of hydrogen-bond acceptors (Lipinski definition) is 6. The average molecular weight is 432 g/mol. The lowest BCUT2D eigenvalue weighted by molar-refractivity contribution is -0.125. The Bertz CT molecular complexity index is 951. The lowest BCUT2D eigenvalue weighted by Gasteiger charge is -2.33. The number of ether oxygens (including phenoxy) is 2. The fraction of sp³-hybridized carbons (Fsp3) is 0.500. The van der Waals surface area contributed by atoms with Gasteiger partial charge in [0.15, 0.2) is 12.4 Å². The molecule has 0 saturated carbocycles. The Labute approximate surface area is 180 Å². The quantitative estimate of drug-likeness (QED) is 0.664. The number of morpholine rings is 1. The maximum absolute atomic E-state index is 14.9. The fourth-order valence-electron chi connectivity index (χ4n) is 3.74. The standard InChI is InChI=1S/C22H29FN4O4/c1-4-22(5-2,16-8-6-15(3)7-9-16)26-17(28)14-31-20-18(23)19(24-21(29)25-20)27-10-12-30-13-11-27/h6-9H,4-5,10-14H2,1-3H3,(H,26,28)(H,24,25,29). The Hall–Kier alpha value is -2.94. The van der Waals surface area contributed by atoms with E-state index in [1.807, 2.05) is 45.0 Å². The summed E-state index contributed by atoms with van der Waals surface area (Å²) >= 11 is 0. The van der Waals surface area contributed by atoms with E-state index in [4.69, 9.17) is 9.47 Å². The second-order valence-electron chi connectivity index (χ2n) is 7.60. The summed E-state index contributed by atoms with van der Waals surface area (Å²) in [6.07, 6.45) is 1.36.